The summed E-state index contributed by atoms with van der Waals surface area (Å²) < 4.78 is 19.1. The van der Waals surface area contributed by atoms with Gasteiger partial charge >= 0.3 is 5.69 Å². The number of nitrogens with zero attached hydrogens (tertiary/aromatic N) is 3. The highest BCUT2D eigenvalue weighted by atomic mass is 35.5. The normalized spacial score (nSPS) is 10.6. The van der Waals surface area contributed by atoms with Crippen molar-refractivity contribution in [1.29, 1.82) is 0 Å². The van der Waals surface area contributed by atoms with E-state index in [0.29, 0.717) is 10.9 Å². The van der Waals surface area contributed by atoms with E-state index in [1.54, 1.807) is 6.07 Å². The van der Waals surface area contributed by atoms with Crippen LogP contribution < -0.4 is 10.1 Å². The third kappa shape index (κ3) is 2.79. The van der Waals surface area contributed by atoms with E-state index in [2.05, 4.69) is 15.3 Å². The zero-order valence-electron chi connectivity index (χ0n) is 12.3. The molecular formula is C15H10ClFN4O3. The average molecular weight is 349 g/mol. The number of hydrogen-bond acceptors (Lipinski definition) is 6. The molecule has 0 amide bonds. The smallest absolute Gasteiger partial charge is 0.311 e. The molecule has 1 heterocycles. The summed E-state index contributed by atoms with van der Waals surface area (Å²) in [6, 6.07) is 7.17. The van der Waals surface area contributed by atoms with Crippen molar-refractivity contribution in [2.75, 3.05) is 12.4 Å². The van der Waals surface area contributed by atoms with Gasteiger partial charge in [-0.3, -0.25) is 10.1 Å². The van der Waals surface area contributed by atoms with Crippen molar-refractivity contribution in [1.82, 2.24) is 9.97 Å². The first kappa shape index (κ1) is 15.9. The van der Waals surface area contributed by atoms with Gasteiger partial charge in [0, 0.05) is 12.1 Å². The van der Waals surface area contributed by atoms with Gasteiger partial charge in [0.1, 0.15) is 12.1 Å². The molecule has 0 bridgehead atoms. The van der Waals surface area contributed by atoms with Crippen LogP contribution in [0.1, 0.15) is 0 Å². The van der Waals surface area contributed by atoms with Gasteiger partial charge in [0.2, 0.25) is 0 Å². The summed E-state index contributed by atoms with van der Waals surface area (Å²) in [6.45, 7) is 0. The van der Waals surface area contributed by atoms with E-state index >= 15 is 0 Å². The van der Waals surface area contributed by atoms with Gasteiger partial charge in [-0.25, -0.2) is 14.4 Å². The van der Waals surface area contributed by atoms with Crippen LogP contribution >= 0.6 is 11.6 Å². The van der Waals surface area contributed by atoms with Crippen molar-refractivity contribution in [3.8, 4) is 5.75 Å². The first-order valence-electron chi connectivity index (χ1n) is 6.69. The molecule has 0 radical (unpaired) electrons. The van der Waals surface area contributed by atoms with Crippen LogP contribution in [0.5, 0.6) is 5.75 Å². The Hall–Kier alpha value is -3.00. The molecule has 3 aromatic rings. The van der Waals surface area contributed by atoms with Crippen LogP contribution in [0.4, 0.5) is 21.6 Å². The summed E-state index contributed by atoms with van der Waals surface area (Å²) in [5.74, 6) is -0.355. The SMILES string of the molecule is COc1cc2ncnc(Nc3cccc(Cl)c3F)c2cc1[N+](=O)[O-]. The monoisotopic (exact) mass is 348 g/mol. The van der Waals surface area contributed by atoms with Crippen LogP contribution in [0, 0.1) is 15.9 Å². The predicted molar refractivity (Wildman–Crippen MR) is 87.4 cm³/mol. The van der Waals surface area contributed by atoms with Gasteiger partial charge < -0.3 is 10.1 Å². The Kier molecular flexibility index (Phi) is 4.13. The number of hydrogen-bond donors (Lipinski definition) is 1. The molecule has 0 unspecified atom stereocenters. The first-order chi connectivity index (χ1) is 11.5. The number of ether oxygens (including phenoxy) is 1. The van der Waals surface area contributed by atoms with E-state index in [0.717, 1.165) is 0 Å². The van der Waals surface area contributed by atoms with Crippen molar-refractivity contribution in [3.63, 3.8) is 0 Å². The quantitative estimate of drug-likeness (QED) is 0.564. The van der Waals surface area contributed by atoms with Gasteiger partial charge in [-0.1, -0.05) is 17.7 Å². The fraction of sp³-hybridized carbons (Fsp3) is 0.0667. The fourth-order valence-electron chi connectivity index (χ4n) is 2.21. The molecular weight excluding hydrogens is 339 g/mol. The Morgan fingerprint density at radius 3 is 2.83 bits per heavy atom. The third-order valence-corrected chi connectivity index (χ3v) is 3.63. The topological polar surface area (TPSA) is 90.2 Å². The molecule has 0 atom stereocenters. The van der Waals surface area contributed by atoms with Gasteiger partial charge in [-0.15, -0.1) is 0 Å². The second kappa shape index (κ2) is 6.25. The first-order valence-corrected chi connectivity index (χ1v) is 7.07. The molecule has 3 rings (SSSR count). The highest BCUT2D eigenvalue weighted by molar-refractivity contribution is 6.31. The van der Waals surface area contributed by atoms with Crippen LogP contribution in [0.25, 0.3) is 10.9 Å². The summed E-state index contributed by atoms with van der Waals surface area (Å²) >= 11 is 5.75. The summed E-state index contributed by atoms with van der Waals surface area (Å²) in [6.07, 6.45) is 1.26. The molecule has 24 heavy (non-hydrogen) atoms. The number of fused-ring (bicyclic) bond motifs is 1. The van der Waals surface area contributed by atoms with E-state index < -0.39 is 10.7 Å². The van der Waals surface area contributed by atoms with Crippen LogP contribution in [0.2, 0.25) is 5.02 Å². The van der Waals surface area contributed by atoms with Crippen molar-refractivity contribution >= 4 is 39.7 Å². The Morgan fingerprint density at radius 1 is 1.33 bits per heavy atom. The number of nitrogens with one attached hydrogen (secondary N) is 1. The second-order valence-corrected chi connectivity index (χ2v) is 5.15. The van der Waals surface area contributed by atoms with Crippen LogP contribution in [-0.4, -0.2) is 22.0 Å². The van der Waals surface area contributed by atoms with E-state index in [1.165, 1.54) is 37.7 Å². The Bertz CT molecular complexity index is 951. The molecule has 7 nitrogen and oxygen atoms in total. The number of rotatable bonds is 4. The molecule has 0 saturated carbocycles. The van der Waals surface area contributed by atoms with Crippen LogP contribution in [0.3, 0.4) is 0 Å². The zero-order chi connectivity index (χ0) is 17.3. The fourth-order valence-corrected chi connectivity index (χ4v) is 2.38. The van der Waals surface area contributed by atoms with Gasteiger partial charge in [0.15, 0.2) is 11.6 Å². The second-order valence-electron chi connectivity index (χ2n) is 4.75. The van der Waals surface area contributed by atoms with Gasteiger partial charge in [-0.05, 0) is 12.1 Å². The summed E-state index contributed by atoms with van der Waals surface area (Å²) in [5.41, 5.74) is 0.271. The highest BCUT2D eigenvalue weighted by Gasteiger charge is 2.19. The third-order valence-electron chi connectivity index (χ3n) is 3.34. The van der Waals surface area contributed by atoms with Gasteiger partial charge in [0.25, 0.3) is 0 Å². The van der Waals surface area contributed by atoms with Crippen LogP contribution in [-0.2, 0) is 0 Å². The molecule has 122 valence electrons. The lowest BCUT2D eigenvalue weighted by Crippen LogP contribution is -2.00. The lowest BCUT2D eigenvalue weighted by molar-refractivity contribution is -0.385. The average Bonchev–Trinajstić information content (AvgIpc) is 2.58. The molecule has 1 aromatic heterocycles. The molecule has 0 fully saturated rings. The van der Waals surface area contributed by atoms with E-state index in [9.17, 15) is 14.5 Å². The minimum absolute atomic E-state index is 0.0500. The Balaban J connectivity index is 2.16. The molecule has 2 aromatic carbocycles. The van der Waals surface area contributed by atoms with Crippen molar-refractivity contribution in [2.24, 2.45) is 0 Å². The maximum atomic E-state index is 14.0. The van der Waals surface area contributed by atoms with E-state index in [4.69, 9.17) is 16.3 Å². The number of benzene rings is 2. The molecule has 0 aliphatic rings. The van der Waals surface area contributed by atoms with Gasteiger partial charge in [0.05, 0.1) is 33.6 Å². The van der Waals surface area contributed by atoms with Crippen molar-refractivity contribution in [3.05, 3.63) is 57.6 Å². The molecule has 0 spiro atoms. The summed E-state index contributed by atoms with van der Waals surface area (Å²) in [4.78, 5) is 18.7. The number of methoxy groups -OCH3 is 1. The number of halogens is 2. The largest absolute Gasteiger partial charge is 0.490 e. The van der Waals surface area contributed by atoms with E-state index in [1.807, 2.05) is 0 Å². The maximum Gasteiger partial charge on any atom is 0.311 e. The number of aromatic nitrogens is 2. The highest BCUT2D eigenvalue weighted by Crippen LogP contribution is 2.35. The number of nitro groups is 1. The Labute approximate surface area is 140 Å². The van der Waals surface area contributed by atoms with Crippen LogP contribution in [0.15, 0.2) is 36.7 Å². The minimum atomic E-state index is -0.644. The number of nitro benzene ring substituents is 1. The number of anilines is 2. The summed E-state index contributed by atoms with van der Waals surface area (Å²) in [5, 5.41) is 14.3. The van der Waals surface area contributed by atoms with Gasteiger partial charge in [-0.2, -0.15) is 0 Å². The zero-order valence-corrected chi connectivity index (χ0v) is 13.0. The summed E-state index contributed by atoms with van der Waals surface area (Å²) in [7, 11) is 1.33. The maximum absolute atomic E-state index is 14.0. The molecule has 9 heteroatoms. The van der Waals surface area contributed by atoms with Crippen molar-refractivity contribution < 1.29 is 14.1 Å². The standard InChI is InChI=1S/C15H10ClFN4O3/c1-24-13-6-11-8(5-12(13)21(22)23)15(19-7-18-11)20-10-4-2-3-9(16)14(10)17/h2-7H,1H3,(H,18,19,20). The Morgan fingerprint density at radius 2 is 2.12 bits per heavy atom. The lowest BCUT2D eigenvalue weighted by Gasteiger charge is -2.10. The minimum Gasteiger partial charge on any atom is -0.490 e. The van der Waals surface area contributed by atoms with E-state index in [-0.39, 0.29) is 28.0 Å². The molecule has 0 aliphatic carbocycles. The predicted octanol–water partition coefficient (Wildman–Crippen LogP) is 4.08. The molecule has 1 N–H and O–H groups in total. The molecule has 0 saturated heterocycles. The molecule has 0 aliphatic heterocycles. The lowest BCUT2D eigenvalue weighted by atomic mass is 10.2. The van der Waals surface area contributed by atoms with Crippen molar-refractivity contribution in [2.45, 2.75) is 0 Å².